The third kappa shape index (κ3) is 3.65. The number of amides is 1. The molecular formula is C18H22N2O3. The molecule has 0 aliphatic heterocycles. The van der Waals surface area contributed by atoms with Gasteiger partial charge in [0.15, 0.2) is 11.5 Å². The summed E-state index contributed by atoms with van der Waals surface area (Å²) in [4.78, 5) is 17.1. The smallest absolute Gasteiger partial charge is 0.228 e. The number of rotatable bonds is 4. The second-order valence-corrected chi connectivity index (χ2v) is 6.06. The normalized spacial score (nSPS) is 12.6. The number of aryl methyl sites for hydroxylation is 1. The van der Waals surface area contributed by atoms with Gasteiger partial charge in [-0.1, -0.05) is 12.8 Å². The first-order chi connectivity index (χ1) is 10.8. The van der Waals surface area contributed by atoms with Gasteiger partial charge in [0.05, 0.1) is 11.5 Å². The maximum atomic E-state index is 12.7. The van der Waals surface area contributed by atoms with Crippen LogP contribution in [0.25, 0.3) is 11.1 Å². The number of hydrogen-bond acceptors (Lipinski definition) is 4. The Balaban J connectivity index is 2.44. The van der Waals surface area contributed by atoms with Crippen molar-refractivity contribution in [2.75, 3.05) is 0 Å². The first-order valence-electron chi connectivity index (χ1n) is 7.63. The molecule has 0 radical (unpaired) electrons. The van der Waals surface area contributed by atoms with Crippen LogP contribution in [-0.4, -0.2) is 21.5 Å². The SMILES string of the molecule is CC#CC(C)(C)NC(=O)C(CC)c1cc(O)cc2oc(C)nc12. The largest absolute Gasteiger partial charge is 0.508 e. The average molecular weight is 314 g/mol. The van der Waals surface area contributed by atoms with E-state index in [0.29, 0.717) is 29.0 Å². The summed E-state index contributed by atoms with van der Waals surface area (Å²) in [5, 5.41) is 12.9. The van der Waals surface area contributed by atoms with Crippen LogP contribution in [0.4, 0.5) is 0 Å². The summed E-state index contributed by atoms with van der Waals surface area (Å²) >= 11 is 0. The van der Waals surface area contributed by atoms with Crippen molar-refractivity contribution >= 4 is 17.0 Å². The zero-order chi connectivity index (χ0) is 17.2. The number of phenolic OH excluding ortho intramolecular Hbond substituents is 1. The van der Waals surface area contributed by atoms with E-state index in [-0.39, 0.29) is 11.7 Å². The molecule has 23 heavy (non-hydrogen) atoms. The molecule has 0 aliphatic rings. The molecule has 1 heterocycles. The van der Waals surface area contributed by atoms with E-state index in [0.717, 1.165) is 0 Å². The van der Waals surface area contributed by atoms with Crippen LogP contribution >= 0.6 is 0 Å². The van der Waals surface area contributed by atoms with Gasteiger partial charge in [0.25, 0.3) is 0 Å². The highest BCUT2D eigenvalue weighted by atomic mass is 16.3. The van der Waals surface area contributed by atoms with Crippen molar-refractivity contribution in [2.45, 2.75) is 52.5 Å². The van der Waals surface area contributed by atoms with Crippen molar-refractivity contribution in [3.05, 3.63) is 23.6 Å². The lowest BCUT2D eigenvalue weighted by Crippen LogP contribution is -2.44. The zero-order valence-electron chi connectivity index (χ0n) is 14.2. The van der Waals surface area contributed by atoms with E-state index in [4.69, 9.17) is 4.42 Å². The number of aromatic nitrogens is 1. The van der Waals surface area contributed by atoms with E-state index in [1.54, 1.807) is 19.9 Å². The molecular weight excluding hydrogens is 292 g/mol. The molecule has 0 saturated heterocycles. The summed E-state index contributed by atoms with van der Waals surface area (Å²) in [6, 6.07) is 3.09. The van der Waals surface area contributed by atoms with E-state index in [2.05, 4.69) is 22.1 Å². The Labute approximate surface area is 136 Å². The minimum atomic E-state index is -0.616. The van der Waals surface area contributed by atoms with Crippen LogP contribution in [0.3, 0.4) is 0 Å². The Morgan fingerprint density at radius 1 is 1.48 bits per heavy atom. The topological polar surface area (TPSA) is 75.4 Å². The molecule has 1 aromatic heterocycles. The molecule has 0 aliphatic carbocycles. The molecule has 0 spiro atoms. The Hall–Kier alpha value is -2.48. The van der Waals surface area contributed by atoms with Gasteiger partial charge in [0, 0.05) is 13.0 Å². The molecule has 0 saturated carbocycles. The highest BCUT2D eigenvalue weighted by molar-refractivity contribution is 5.90. The lowest BCUT2D eigenvalue weighted by atomic mass is 9.92. The van der Waals surface area contributed by atoms with Gasteiger partial charge in [0.1, 0.15) is 11.3 Å². The summed E-state index contributed by atoms with van der Waals surface area (Å²) in [5.41, 5.74) is 1.14. The average Bonchev–Trinajstić information content (AvgIpc) is 2.78. The molecule has 2 rings (SSSR count). The number of benzene rings is 1. The predicted molar refractivity (Wildman–Crippen MR) is 89.1 cm³/mol. The lowest BCUT2D eigenvalue weighted by Gasteiger charge is -2.24. The van der Waals surface area contributed by atoms with E-state index < -0.39 is 11.5 Å². The van der Waals surface area contributed by atoms with Gasteiger partial charge in [-0.3, -0.25) is 4.79 Å². The number of carbonyl (C=O) groups excluding carboxylic acids is 1. The molecule has 0 bridgehead atoms. The number of hydrogen-bond donors (Lipinski definition) is 2. The van der Waals surface area contributed by atoms with Crippen LogP contribution in [-0.2, 0) is 4.79 Å². The van der Waals surface area contributed by atoms with Gasteiger partial charge < -0.3 is 14.8 Å². The van der Waals surface area contributed by atoms with Crippen LogP contribution in [0.5, 0.6) is 5.75 Å². The fraction of sp³-hybridized carbons (Fsp3) is 0.444. The monoisotopic (exact) mass is 314 g/mol. The van der Waals surface area contributed by atoms with Crippen LogP contribution in [0.15, 0.2) is 16.5 Å². The van der Waals surface area contributed by atoms with Gasteiger partial charge in [-0.05, 0) is 38.8 Å². The minimum Gasteiger partial charge on any atom is -0.508 e. The van der Waals surface area contributed by atoms with Crippen molar-refractivity contribution in [3.63, 3.8) is 0 Å². The molecule has 1 atom stereocenters. The van der Waals surface area contributed by atoms with Gasteiger partial charge in [-0.2, -0.15) is 0 Å². The van der Waals surface area contributed by atoms with Gasteiger partial charge in [-0.25, -0.2) is 4.98 Å². The molecule has 2 aromatic rings. The highest BCUT2D eigenvalue weighted by Gasteiger charge is 2.27. The first-order valence-corrected chi connectivity index (χ1v) is 7.63. The zero-order valence-corrected chi connectivity index (χ0v) is 14.2. The van der Waals surface area contributed by atoms with Crippen LogP contribution in [0.1, 0.15) is 51.5 Å². The summed E-state index contributed by atoms with van der Waals surface area (Å²) in [5.74, 6) is 5.76. The summed E-state index contributed by atoms with van der Waals surface area (Å²) in [6.45, 7) is 9.11. The Bertz CT molecular complexity index is 794. The highest BCUT2D eigenvalue weighted by Crippen LogP contribution is 2.32. The van der Waals surface area contributed by atoms with E-state index in [1.807, 2.05) is 20.8 Å². The first kappa shape index (κ1) is 16.9. The number of oxazole rings is 1. The molecule has 1 unspecified atom stereocenters. The Morgan fingerprint density at radius 3 is 2.78 bits per heavy atom. The summed E-state index contributed by atoms with van der Waals surface area (Å²) < 4.78 is 5.48. The van der Waals surface area contributed by atoms with Gasteiger partial charge in [0.2, 0.25) is 5.91 Å². The fourth-order valence-electron chi connectivity index (χ4n) is 2.70. The van der Waals surface area contributed by atoms with Crippen molar-refractivity contribution in [3.8, 4) is 17.6 Å². The van der Waals surface area contributed by atoms with E-state index in [9.17, 15) is 9.90 Å². The number of aromatic hydroxyl groups is 1. The quantitative estimate of drug-likeness (QED) is 0.849. The second-order valence-electron chi connectivity index (χ2n) is 6.06. The van der Waals surface area contributed by atoms with Crippen LogP contribution in [0, 0.1) is 18.8 Å². The summed E-state index contributed by atoms with van der Waals surface area (Å²) in [6.07, 6.45) is 0.575. The molecule has 122 valence electrons. The Morgan fingerprint density at radius 2 is 2.17 bits per heavy atom. The van der Waals surface area contributed by atoms with E-state index >= 15 is 0 Å². The van der Waals surface area contributed by atoms with Crippen molar-refractivity contribution in [2.24, 2.45) is 0 Å². The molecule has 5 heteroatoms. The number of phenols is 1. The van der Waals surface area contributed by atoms with Crippen molar-refractivity contribution in [1.82, 2.24) is 10.3 Å². The number of carbonyl (C=O) groups is 1. The van der Waals surface area contributed by atoms with Crippen LogP contribution in [0.2, 0.25) is 0 Å². The molecule has 0 fully saturated rings. The molecule has 2 N–H and O–H groups in total. The second kappa shape index (κ2) is 6.33. The minimum absolute atomic E-state index is 0.0579. The predicted octanol–water partition coefficient (Wildman–Crippen LogP) is 3.25. The maximum Gasteiger partial charge on any atom is 0.228 e. The Kier molecular flexibility index (Phi) is 4.65. The number of nitrogens with one attached hydrogen (secondary N) is 1. The van der Waals surface area contributed by atoms with Gasteiger partial charge >= 0.3 is 0 Å². The van der Waals surface area contributed by atoms with Crippen LogP contribution < -0.4 is 5.32 Å². The number of fused-ring (bicyclic) bond motifs is 1. The number of nitrogens with zero attached hydrogens (tertiary/aromatic N) is 1. The molecule has 1 amide bonds. The third-order valence-corrected chi connectivity index (χ3v) is 3.59. The van der Waals surface area contributed by atoms with Crippen molar-refractivity contribution < 1.29 is 14.3 Å². The third-order valence-electron chi connectivity index (χ3n) is 3.59. The standard InChI is InChI=1S/C18H22N2O3/c1-6-8-18(4,5)20-17(22)13(7-2)14-9-12(21)10-15-16(14)19-11(3)23-15/h9-10,13,21H,7H2,1-5H3,(H,20,22). The molecule has 5 nitrogen and oxygen atoms in total. The fourth-order valence-corrected chi connectivity index (χ4v) is 2.70. The van der Waals surface area contributed by atoms with Gasteiger partial charge in [-0.15, -0.1) is 5.92 Å². The maximum absolute atomic E-state index is 12.7. The van der Waals surface area contributed by atoms with E-state index in [1.165, 1.54) is 6.07 Å². The lowest BCUT2D eigenvalue weighted by molar-refractivity contribution is -0.123. The molecule has 1 aromatic carbocycles. The summed E-state index contributed by atoms with van der Waals surface area (Å²) in [7, 11) is 0. The van der Waals surface area contributed by atoms with Crippen molar-refractivity contribution in [1.29, 1.82) is 0 Å².